The molecule has 3 heteroatoms. The standard InChI is InChI=1S/C15H30N2O/c1-5-15(4,10-16-13-6-7-13)11-17-8-9-18-12-14(17,2)3/h13,16H,5-12H2,1-4H3. The zero-order valence-corrected chi connectivity index (χ0v) is 12.6. The van der Waals surface area contributed by atoms with E-state index in [1.807, 2.05) is 0 Å². The van der Waals surface area contributed by atoms with E-state index < -0.39 is 0 Å². The third-order valence-electron chi connectivity index (χ3n) is 4.64. The monoisotopic (exact) mass is 254 g/mol. The van der Waals surface area contributed by atoms with Gasteiger partial charge in [-0.2, -0.15) is 0 Å². The predicted molar refractivity (Wildman–Crippen MR) is 75.9 cm³/mol. The molecule has 1 atom stereocenters. The number of morpholine rings is 1. The van der Waals surface area contributed by atoms with Gasteiger partial charge in [0.05, 0.1) is 13.2 Å². The first-order valence-corrected chi connectivity index (χ1v) is 7.51. The Labute approximate surface area is 112 Å². The summed E-state index contributed by atoms with van der Waals surface area (Å²) < 4.78 is 5.61. The number of ether oxygens (including phenoxy) is 1. The molecule has 0 radical (unpaired) electrons. The molecule has 1 aliphatic heterocycles. The fraction of sp³-hybridized carbons (Fsp3) is 1.00. The molecule has 3 nitrogen and oxygen atoms in total. The fourth-order valence-electron chi connectivity index (χ4n) is 2.62. The molecule has 0 amide bonds. The summed E-state index contributed by atoms with van der Waals surface area (Å²) in [4.78, 5) is 2.62. The van der Waals surface area contributed by atoms with Gasteiger partial charge in [-0.1, -0.05) is 13.8 Å². The Hall–Kier alpha value is -0.120. The number of hydrogen-bond donors (Lipinski definition) is 1. The van der Waals surface area contributed by atoms with Gasteiger partial charge in [0.15, 0.2) is 0 Å². The first-order valence-electron chi connectivity index (χ1n) is 7.51. The van der Waals surface area contributed by atoms with Gasteiger partial charge in [-0.05, 0) is 38.5 Å². The summed E-state index contributed by atoms with van der Waals surface area (Å²) in [7, 11) is 0. The topological polar surface area (TPSA) is 24.5 Å². The van der Waals surface area contributed by atoms with Gasteiger partial charge >= 0.3 is 0 Å². The first kappa shape index (κ1) is 14.3. The average molecular weight is 254 g/mol. The zero-order valence-electron chi connectivity index (χ0n) is 12.6. The molecule has 1 N–H and O–H groups in total. The maximum Gasteiger partial charge on any atom is 0.0645 e. The quantitative estimate of drug-likeness (QED) is 0.787. The molecule has 2 fully saturated rings. The molecule has 1 saturated carbocycles. The van der Waals surface area contributed by atoms with Gasteiger partial charge < -0.3 is 10.1 Å². The summed E-state index contributed by atoms with van der Waals surface area (Å²) in [6.07, 6.45) is 3.99. The Kier molecular flexibility index (Phi) is 4.35. The molecule has 0 bridgehead atoms. The zero-order chi connectivity index (χ0) is 13.2. The Bertz CT molecular complexity index is 276. The molecule has 2 rings (SSSR count). The van der Waals surface area contributed by atoms with Crippen LogP contribution in [0.4, 0.5) is 0 Å². The predicted octanol–water partition coefficient (Wildman–Crippen LogP) is 2.27. The number of nitrogens with zero attached hydrogens (tertiary/aromatic N) is 1. The van der Waals surface area contributed by atoms with Crippen molar-refractivity contribution in [2.45, 2.75) is 58.5 Å². The number of hydrogen-bond acceptors (Lipinski definition) is 3. The third-order valence-corrected chi connectivity index (χ3v) is 4.64. The van der Waals surface area contributed by atoms with Crippen LogP contribution in [0.2, 0.25) is 0 Å². The van der Waals surface area contributed by atoms with Gasteiger partial charge in [-0.3, -0.25) is 4.90 Å². The SMILES string of the molecule is CCC(C)(CNC1CC1)CN1CCOCC1(C)C. The lowest BCUT2D eigenvalue weighted by atomic mass is 9.85. The summed E-state index contributed by atoms with van der Waals surface area (Å²) in [5, 5.41) is 3.71. The summed E-state index contributed by atoms with van der Waals surface area (Å²) in [5.41, 5.74) is 0.575. The van der Waals surface area contributed by atoms with Crippen LogP contribution in [0, 0.1) is 5.41 Å². The summed E-state index contributed by atoms with van der Waals surface area (Å²) in [5.74, 6) is 0. The molecular weight excluding hydrogens is 224 g/mol. The van der Waals surface area contributed by atoms with E-state index in [1.54, 1.807) is 0 Å². The van der Waals surface area contributed by atoms with E-state index in [9.17, 15) is 0 Å². The minimum Gasteiger partial charge on any atom is -0.378 e. The van der Waals surface area contributed by atoms with Crippen LogP contribution < -0.4 is 5.32 Å². The second kappa shape index (κ2) is 5.48. The molecule has 0 spiro atoms. The van der Waals surface area contributed by atoms with Crippen LogP contribution in [0.25, 0.3) is 0 Å². The highest BCUT2D eigenvalue weighted by molar-refractivity contribution is 4.91. The molecule has 0 aromatic carbocycles. The van der Waals surface area contributed by atoms with Crippen molar-refractivity contribution < 1.29 is 4.74 Å². The molecule has 0 aromatic heterocycles. The molecule has 1 saturated heterocycles. The maximum absolute atomic E-state index is 5.61. The highest BCUT2D eigenvalue weighted by Gasteiger charge is 2.36. The largest absolute Gasteiger partial charge is 0.378 e. The van der Waals surface area contributed by atoms with Crippen LogP contribution in [0.1, 0.15) is 47.0 Å². The minimum atomic E-state index is 0.189. The van der Waals surface area contributed by atoms with E-state index in [0.717, 1.165) is 32.3 Å². The summed E-state index contributed by atoms with van der Waals surface area (Å²) >= 11 is 0. The molecule has 18 heavy (non-hydrogen) atoms. The van der Waals surface area contributed by atoms with Crippen molar-refractivity contribution in [2.24, 2.45) is 5.41 Å². The van der Waals surface area contributed by atoms with Crippen LogP contribution in [-0.4, -0.2) is 49.3 Å². The van der Waals surface area contributed by atoms with E-state index in [1.165, 1.54) is 25.8 Å². The lowest BCUT2D eigenvalue weighted by Gasteiger charge is -2.46. The number of nitrogens with one attached hydrogen (secondary N) is 1. The summed E-state index contributed by atoms with van der Waals surface area (Å²) in [6, 6.07) is 0.813. The molecule has 106 valence electrons. The van der Waals surface area contributed by atoms with E-state index in [0.29, 0.717) is 5.41 Å². The second-order valence-electron chi connectivity index (χ2n) is 7.11. The van der Waals surface area contributed by atoms with Gasteiger partial charge in [0.2, 0.25) is 0 Å². The van der Waals surface area contributed by atoms with Crippen molar-refractivity contribution >= 4 is 0 Å². The van der Waals surface area contributed by atoms with E-state index in [4.69, 9.17) is 4.74 Å². The van der Waals surface area contributed by atoms with Gasteiger partial charge in [0.1, 0.15) is 0 Å². The molecule has 1 heterocycles. The Balaban J connectivity index is 1.90. The summed E-state index contributed by atoms with van der Waals surface area (Å²) in [6.45, 7) is 14.5. The average Bonchev–Trinajstić information content (AvgIpc) is 3.13. The normalized spacial score (nSPS) is 28.0. The third kappa shape index (κ3) is 3.69. The van der Waals surface area contributed by atoms with E-state index in [2.05, 4.69) is 37.9 Å². The Morgan fingerprint density at radius 1 is 1.39 bits per heavy atom. The van der Waals surface area contributed by atoms with E-state index in [-0.39, 0.29) is 5.54 Å². The highest BCUT2D eigenvalue weighted by atomic mass is 16.5. The van der Waals surface area contributed by atoms with Crippen LogP contribution >= 0.6 is 0 Å². The van der Waals surface area contributed by atoms with Crippen molar-refractivity contribution in [3.63, 3.8) is 0 Å². The highest BCUT2D eigenvalue weighted by Crippen LogP contribution is 2.29. The Morgan fingerprint density at radius 2 is 2.11 bits per heavy atom. The van der Waals surface area contributed by atoms with Crippen LogP contribution in [0.5, 0.6) is 0 Å². The van der Waals surface area contributed by atoms with E-state index >= 15 is 0 Å². The van der Waals surface area contributed by atoms with Crippen molar-refractivity contribution in [1.82, 2.24) is 10.2 Å². The molecule has 0 aromatic rings. The smallest absolute Gasteiger partial charge is 0.0645 e. The lowest BCUT2D eigenvalue weighted by molar-refractivity contribution is -0.0667. The van der Waals surface area contributed by atoms with Gasteiger partial charge in [-0.25, -0.2) is 0 Å². The van der Waals surface area contributed by atoms with Crippen molar-refractivity contribution in [1.29, 1.82) is 0 Å². The fourth-order valence-corrected chi connectivity index (χ4v) is 2.62. The van der Waals surface area contributed by atoms with Crippen molar-refractivity contribution in [3.8, 4) is 0 Å². The van der Waals surface area contributed by atoms with Gasteiger partial charge in [0.25, 0.3) is 0 Å². The first-order chi connectivity index (χ1) is 8.45. The molecular formula is C15H30N2O. The minimum absolute atomic E-state index is 0.189. The molecule has 2 aliphatic rings. The van der Waals surface area contributed by atoms with Gasteiger partial charge in [-0.15, -0.1) is 0 Å². The molecule has 1 aliphatic carbocycles. The van der Waals surface area contributed by atoms with Crippen LogP contribution in [0.15, 0.2) is 0 Å². The lowest BCUT2D eigenvalue weighted by Crippen LogP contribution is -2.57. The van der Waals surface area contributed by atoms with Crippen molar-refractivity contribution in [3.05, 3.63) is 0 Å². The number of rotatable bonds is 6. The Morgan fingerprint density at radius 3 is 2.67 bits per heavy atom. The second-order valence-corrected chi connectivity index (χ2v) is 7.11. The van der Waals surface area contributed by atoms with Crippen LogP contribution in [0.3, 0.4) is 0 Å². The maximum atomic E-state index is 5.61. The van der Waals surface area contributed by atoms with Crippen LogP contribution in [-0.2, 0) is 4.74 Å². The van der Waals surface area contributed by atoms with Gasteiger partial charge in [0, 0.05) is 31.2 Å². The van der Waals surface area contributed by atoms with Crippen molar-refractivity contribution in [2.75, 3.05) is 32.8 Å². The molecule has 1 unspecified atom stereocenters.